The summed E-state index contributed by atoms with van der Waals surface area (Å²) >= 11 is 0. The van der Waals surface area contributed by atoms with Crippen molar-refractivity contribution in [2.75, 3.05) is 11.4 Å². The molecular formula is C12H17N3O2. The van der Waals surface area contributed by atoms with Gasteiger partial charge in [-0.2, -0.15) is 0 Å². The summed E-state index contributed by atoms with van der Waals surface area (Å²) in [7, 11) is 0. The third kappa shape index (κ3) is 2.54. The number of carboxylic acid groups (broad SMARTS) is 1. The quantitative estimate of drug-likeness (QED) is 0.860. The molecule has 1 aromatic rings. The van der Waals surface area contributed by atoms with Crippen LogP contribution < -0.4 is 4.90 Å². The van der Waals surface area contributed by atoms with E-state index >= 15 is 0 Å². The van der Waals surface area contributed by atoms with Gasteiger partial charge in [0.25, 0.3) is 0 Å². The Bertz CT molecular complexity index is 434. The number of rotatable bonds is 3. The minimum atomic E-state index is -0.751. The second kappa shape index (κ2) is 4.69. The fourth-order valence-corrected chi connectivity index (χ4v) is 2.22. The minimum Gasteiger partial charge on any atom is -0.481 e. The molecule has 1 N–H and O–H groups in total. The van der Waals surface area contributed by atoms with Gasteiger partial charge in [-0.25, -0.2) is 4.98 Å². The van der Waals surface area contributed by atoms with Crippen molar-refractivity contribution in [3.8, 4) is 0 Å². The topological polar surface area (TPSA) is 66.3 Å². The Morgan fingerprint density at radius 3 is 2.94 bits per heavy atom. The van der Waals surface area contributed by atoms with Crippen LogP contribution in [0.2, 0.25) is 0 Å². The molecule has 1 aromatic heterocycles. The van der Waals surface area contributed by atoms with Gasteiger partial charge in [0, 0.05) is 12.6 Å². The molecule has 0 amide bonds. The molecule has 5 heteroatoms. The van der Waals surface area contributed by atoms with Gasteiger partial charge in [0.05, 0.1) is 24.0 Å². The largest absolute Gasteiger partial charge is 0.481 e. The number of hydrogen-bond acceptors (Lipinski definition) is 4. The molecule has 1 fully saturated rings. The second-order valence-electron chi connectivity index (χ2n) is 4.49. The van der Waals surface area contributed by atoms with Gasteiger partial charge in [-0.05, 0) is 26.7 Å². The van der Waals surface area contributed by atoms with Gasteiger partial charge in [-0.1, -0.05) is 0 Å². The van der Waals surface area contributed by atoms with Gasteiger partial charge in [0.15, 0.2) is 0 Å². The van der Waals surface area contributed by atoms with Crippen LogP contribution in [0.25, 0.3) is 0 Å². The monoisotopic (exact) mass is 235 g/mol. The molecule has 17 heavy (non-hydrogen) atoms. The van der Waals surface area contributed by atoms with Gasteiger partial charge >= 0.3 is 5.97 Å². The molecule has 1 aliphatic rings. The Balaban J connectivity index is 2.20. The van der Waals surface area contributed by atoms with Crippen LogP contribution >= 0.6 is 0 Å². The van der Waals surface area contributed by atoms with Gasteiger partial charge in [0.1, 0.15) is 5.82 Å². The van der Waals surface area contributed by atoms with Crippen LogP contribution in [0.3, 0.4) is 0 Å². The van der Waals surface area contributed by atoms with Crippen molar-refractivity contribution in [1.82, 2.24) is 9.97 Å². The highest BCUT2D eigenvalue weighted by atomic mass is 16.4. The normalized spacial score (nSPS) is 19.6. The molecule has 2 rings (SSSR count). The summed E-state index contributed by atoms with van der Waals surface area (Å²) in [4.78, 5) is 21.6. The molecule has 5 nitrogen and oxygen atoms in total. The summed E-state index contributed by atoms with van der Waals surface area (Å²) < 4.78 is 0. The van der Waals surface area contributed by atoms with Crippen LogP contribution in [0.1, 0.15) is 30.7 Å². The SMILES string of the molecule is Cc1ncc(N2CCCC2CC(=O)O)nc1C. The zero-order valence-corrected chi connectivity index (χ0v) is 10.2. The maximum atomic E-state index is 10.8. The van der Waals surface area contributed by atoms with Crippen LogP contribution in [0.15, 0.2) is 6.20 Å². The van der Waals surface area contributed by atoms with Crippen LogP contribution in [-0.4, -0.2) is 33.6 Å². The predicted octanol–water partition coefficient (Wildman–Crippen LogP) is 1.54. The second-order valence-corrected chi connectivity index (χ2v) is 4.49. The number of carboxylic acids is 1. The molecule has 0 bridgehead atoms. The van der Waals surface area contributed by atoms with E-state index in [2.05, 4.69) is 14.9 Å². The fraction of sp³-hybridized carbons (Fsp3) is 0.583. The summed E-state index contributed by atoms with van der Waals surface area (Å²) in [5, 5.41) is 8.87. The van der Waals surface area contributed by atoms with E-state index in [0.29, 0.717) is 0 Å². The fourth-order valence-electron chi connectivity index (χ4n) is 2.22. The summed E-state index contributed by atoms with van der Waals surface area (Å²) in [6, 6.07) is 0.0592. The van der Waals surface area contributed by atoms with Crippen molar-refractivity contribution in [3.05, 3.63) is 17.6 Å². The lowest BCUT2D eigenvalue weighted by atomic mass is 10.1. The van der Waals surface area contributed by atoms with Crippen molar-refractivity contribution >= 4 is 11.8 Å². The van der Waals surface area contributed by atoms with Crippen LogP contribution in [0.4, 0.5) is 5.82 Å². The molecule has 1 aliphatic heterocycles. The Morgan fingerprint density at radius 1 is 1.53 bits per heavy atom. The smallest absolute Gasteiger partial charge is 0.305 e. The Morgan fingerprint density at radius 2 is 2.29 bits per heavy atom. The lowest BCUT2D eigenvalue weighted by Crippen LogP contribution is -2.32. The molecule has 1 saturated heterocycles. The van der Waals surface area contributed by atoms with Crippen LogP contribution in [-0.2, 0) is 4.79 Å². The number of nitrogens with zero attached hydrogens (tertiary/aromatic N) is 3. The number of carbonyl (C=O) groups is 1. The summed E-state index contributed by atoms with van der Waals surface area (Å²) in [6.07, 6.45) is 3.85. The molecule has 1 unspecified atom stereocenters. The zero-order valence-electron chi connectivity index (χ0n) is 10.2. The third-order valence-corrected chi connectivity index (χ3v) is 3.26. The van der Waals surface area contributed by atoms with E-state index in [0.717, 1.165) is 36.6 Å². The highest BCUT2D eigenvalue weighted by molar-refractivity contribution is 5.68. The van der Waals surface area contributed by atoms with Crippen LogP contribution in [0.5, 0.6) is 0 Å². The Labute approximate surface area is 100 Å². The van der Waals surface area contributed by atoms with Gasteiger partial charge < -0.3 is 10.0 Å². The molecule has 2 heterocycles. The maximum absolute atomic E-state index is 10.8. The number of aliphatic carboxylic acids is 1. The van der Waals surface area contributed by atoms with E-state index < -0.39 is 5.97 Å². The van der Waals surface area contributed by atoms with Crippen molar-refractivity contribution in [3.63, 3.8) is 0 Å². The molecule has 0 spiro atoms. The summed E-state index contributed by atoms with van der Waals surface area (Å²) in [6.45, 7) is 4.72. The highest BCUT2D eigenvalue weighted by Gasteiger charge is 2.27. The van der Waals surface area contributed by atoms with E-state index in [-0.39, 0.29) is 12.5 Å². The number of hydrogen-bond donors (Lipinski definition) is 1. The minimum absolute atomic E-state index is 0.0592. The first-order chi connectivity index (χ1) is 8.08. The van der Waals surface area contributed by atoms with Gasteiger partial charge in [-0.3, -0.25) is 9.78 Å². The van der Waals surface area contributed by atoms with Crippen molar-refractivity contribution in [2.24, 2.45) is 0 Å². The molecule has 0 radical (unpaired) electrons. The lowest BCUT2D eigenvalue weighted by Gasteiger charge is -2.24. The van der Waals surface area contributed by atoms with E-state index in [4.69, 9.17) is 5.11 Å². The number of aromatic nitrogens is 2. The van der Waals surface area contributed by atoms with Crippen molar-refractivity contribution < 1.29 is 9.90 Å². The summed E-state index contributed by atoms with van der Waals surface area (Å²) in [5.41, 5.74) is 1.83. The first-order valence-corrected chi connectivity index (χ1v) is 5.86. The molecule has 0 aliphatic carbocycles. The molecule has 0 saturated carbocycles. The molecule has 92 valence electrons. The molecule has 1 atom stereocenters. The zero-order chi connectivity index (χ0) is 12.4. The average molecular weight is 235 g/mol. The third-order valence-electron chi connectivity index (χ3n) is 3.26. The van der Waals surface area contributed by atoms with E-state index in [1.807, 2.05) is 13.8 Å². The van der Waals surface area contributed by atoms with Crippen molar-refractivity contribution in [2.45, 2.75) is 39.2 Å². The average Bonchev–Trinajstić information content (AvgIpc) is 2.69. The van der Waals surface area contributed by atoms with E-state index in [9.17, 15) is 4.79 Å². The van der Waals surface area contributed by atoms with Gasteiger partial charge in [0.2, 0.25) is 0 Å². The lowest BCUT2D eigenvalue weighted by molar-refractivity contribution is -0.137. The maximum Gasteiger partial charge on any atom is 0.305 e. The van der Waals surface area contributed by atoms with Crippen molar-refractivity contribution in [1.29, 1.82) is 0 Å². The molecular weight excluding hydrogens is 218 g/mol. The first kappa shape index (κ1) is 11.8. The standard InChI is InChI=1S/C12H17N3O2/c1-8-9(2)14-11(7-13-8)15-5-3-4-10(15)6-12(16)17/h7,10H,3-6H2,1-2H3,(H,16,17). The Kier molecular flexibility index (Phi) is 3.26. The first-order valence-electron chi connectivity index (χ1n) is 5.86. The van der Waals surface area contributed by atoms with Crippen LogP contribution in [0, 0.1) is 13.8 Å². The number of aryl methyl sites for hydroxylation is 2. The van der Waals surface area contributed by atoms with E-state index in [1.165, 1.54) is 0 Å². The van der Waals surface area contributed by atoms with E-state index in [1.54, 1.807) is 6.20 Å². The summed E-state index contributed by atoms with van der Waals surface area (Å²) in [5.74, 6) is 0.0514. The highest BCUT2D eigenvalue weighted by Crippen LogP contribution is 2.25. The molecule has 0 aromatic carbocycles. The Hall–Kier alpha value is -1.65. The van der Waals surface area contributed by atoms with Gasteiger partial charge in [-0.15, -0.1) is 0 Å². The predicted molar refractivity (Wildman–Crippen MR) is 64.1 cm³/mol. The number of anilines is 1.